The summed E-state index contributed by atoms with van der Waals surface area (Å²) >= 11 is 0. The van der Waals surface area contributed by atoms with Crippen LogP contribution in [0.15, 0.2) is 64.0 Å². The topological polar surface area (TPSA) is 63.8 Å². The maximum atomic E-state index is 13.0. The van der Waals surface area contributed by atoms with Crippen molar-refractivity contribution < 1.29 is 8.91 Å². The molecular weight excluding hydrogens is 297 g/mol. The number of hydrogen-bond acceptors (Lipinski definition) is 3. The third kappa shape index (κ3) is 2.55. The summed E-state index contributed by atoms with van der Waals surface area (Å²) in [5, 5.41) is 4.78. The van der Waals surface area contributed by atoms with Crippen molar-refractivity contribution in [3.8, 4) is 11.4 Å². The minimum Gasteiger partial charge on any atom is -0.343 e. The minimum absolute atomic E-state index is 0.247. The molecule has 4 aromatic rings. The molecule has 0 saturated carbocycles. The zero-order valence-corrected chi connectivity index (χ0v) is 12.0. The Kier molecular flexibility index (Phi) is 3.08. The van der Waals surface area contributed by atoms with Gasteiger partial charge in [-0.15, -0.1) is 0 Å². The summed E-state index contributed by atoms with van der Waals surface area (Å²) in [6, 6.07) is 14.2. The normalized spacial score (nSPS) is 11.2. The van der Waals surface area contributed by atoms with Crippen LogP contribution in [-0.2, 0) is 6.54 Å². The number of H-pyrrole nitrogens is 1. The van der Waals surface area contributed by atoms with E-state index in [9.17, 15) is 9.18 Å². The third-order valence-electron chi connectivity index (χ3n) is 3.75. The van der Waals surface area contributed by atoms with Gasteiger partial charge in [0.1, 0.15) is 5.82 Å². The molecule has 23 heavy (non-hydrogen) atoms. The van der Waals surface area contributed by atoms with Gasteiger partial charge >= 0.3 is 5.76 Å². The molecule has 2 heterocycles. The van der Waals surface area contributed by atoms with E-state index in [2.05, 4.69) is 19.2 Å². The molecule has 2 aromatic carbocycles. The van der Waals surface area contributed by atoms with Crippen LogP contribution in [0.1, 0.15) is 5.56 Å². The van der Waals surface area contributed by atoms with E-state index >= 15 is 0 Å². The average Bonchev–Trinajstić information content (AvgIpc) is 3.16. The van der Waals surface area contributed by atoms with Crippen molar-refractivity contribution >= 4 is 10.9 Å². The average molecular weight is 309 g/mol. The number of halogens is 1. The van der Waals surface area contributed by atoms with Gasteiger partial charge in [-0.05, 0) is 35.2 Å². The van der Waals surface area contributed by atoms with Gasteiger partial charge < -0.3 is 4.57 Å². The number of fused-ring (bicyclic) bond motifs is 1. The summed E-state index contributed by atoms with van der Waals surface area (Å²) in [6.07, 6.45) is 1.98. The molecule has 6 heteroatoms. The van der Waals surface area contributed by atoms with Crippen molar-refractivity contribution in [2.75, 3.05) is 0 Å². The smallest absolute Gasteiger partial charge is 0.343 e. The number of hydrogen-bond donors (Lipinski definition) is 1. The largest absolute Gasteiger partial charge is 0.439 e. The summed E-state index contributed by atoms with van der Waals surface area (Å²) in [7, 11) is 0. The molecule has 0 aliphatic carbocycles. The summed E-state index contributed by atoms with van der Waals surface area (Å²) in [5.41, 5.74) is 2.77. The van der Waals surface area contributed by atoms with E-state index in [-0.39, 0.29) is 5.82 Å². The lowest BCUT2D eigenvalue weighted by atomic mass is 10.1. The van der Waals surface area contributed by atoms with E-state index in [4.69, 9.17) is 0 Å². The van der Waals surface area contributed by atoms with Crippen LogP contribution in [0, 0.1) is 5.82 Å². The monoisotopic (exact) mass is 309 g/mol. The minimum atomic E-state index is -0.582. The van der Waals surface area contributed by atoms with Crippen molar-refractivity contribution in [3.05, 3.63) is 76.7 Å². The quantitative estimate of drug-likeness (QED) is 0.632. The molecule has 1 N–H and O–H groups in total. The number of nitrogens with zero attached hydrogens (tertiary/aromatic N) is 2. The number of nitrogens with one attached hydrogen (secondary N) is 1. The van der Waals surface area contributed by atoms with Gasteiger partial charge in [0.05, 0.1) is 0 Å². The second-order valence-corrected chi connectivity index (χ2v) is 5.29. The predicted octanol–water partition coefficient (Wildman–Crippen LogP) is 3.17. The fourth-order valence-electron chi connectivity index (χ4n) is 2.61. The zero-order valence-electron chi connectivity index (χ0n) is 12.0. The fraction of sp³-hybridized carbons (Fsp3) is 0.0588. The SMILES string of the molecule is O=c1[nH]c(-c2ccc3ccn(Cc4ccc(F)cc4)c3c2)no1. The van der Waals surface area contributed by atoms with Crippen LogP contribution in [0.3, 0.4) is 0 Å². The van der Waals surface area contributed by atoms with Gasteiger partial charge in [-0.2, -0.15) is 0 Å². The van der Waals surface area contributed by atoms with Crippen LogP contribution in [0.5, 0.6) is 0 Å². The molecule has 114 valence electrons. The molecule has 0 spiro atoms. The third-order valence-corrected chi connectivity index (χ3v) is 3.75. The van der Waals surface area contributed by atoms with Gasteiger partial charge in [0.15, 0.2) is 5.82 Å². The highest BCUT2D eigenvalue weighted by molar-refractivity contribution is 5.84. The van der Waals surface area contributed by atoms with E-state index in [1.54, 1.807) is 12.1 Å². The summed E-state index contributed by atoms with van der Waals surface area (Å²) in [5.74, 6) is -0.434. The standard InChI is InChI=1S/C17H12FN3O2/c18-14-5-1-11(2-6-14)10-21-8-7-12-3-4-13(9-15(12)21)16-19-17(22)23-20-16/h1-9H,10H2,(H,19,20,22). The molecule has 5 nitrogen and oxygen atoms in total. The van der Waals surface area contributed by atoms with Crippen molar-refractivity contribution in [1.29, 1.82) is 0 Å². The molecule has 0 saturated heterocycles. The van der Waals surface area contributed by atoms with E-state index in [1.807, 2.05) is 30.5 Å². The molecule has 0 fully saturated rings. The Labute approximate surface area is 130 Å². The van der Waals surface area contributed by atoms with E-state index in [0.29, 0.717) is 12.4 Å². The molecular formula is C17H12FN3O2. The van der Waals surface area contributed by atoms with Gasteiger partial charge in [0, 0.05) is 23.8 Å². The van der Waals surface area contributed by atoms with Gasteiger partial charge in [-0.25, -0.2) is 9.18 Å². The second-order valence-electron chi connectivity index (χ2n) is 5.29. The molecule has 2 aromatic heterocycles. The Morgan fingerprint density at radius 3 is 2.70 bits per heavy atom. The van der Waals surface area contributed by atoms with E-state index in [1.165, 1.54) is 12.1 Å². The first-order valence-corrected chi connectivity index (χ1v) is 7.09. The lowest BCUT2D eigenvalue weighted by Gasteiger charge is -2.06. The Bertz CT molecular complexity index is 1030. The van der Waals surface area contributed by atoms with Crippen molar-refractivity contribution in [3.63, 3.8) is 0 Å². The molecule has 0 radical (unpaired) electrons. The molecule has 0 bridgehead atoms. The number of rotatable bonds is 3. The van der Waals surface area contributed by atoms with Crippen LogP contribution in [-0.4, -0.2) is 14.7 Å². The highest BCUT2D eigenvalue weighted by atomic mass is 19.1. The Morgan fingerprint density at radius 2 is 1.96 bits per heavy atom. The van der Waals surface area contributed by atoms with Crippen molar-refractivity contribution in [1.82, 2.24) is 14.7 Å². The molecule has 0 atom stereocenters. The van der Waals surface area contributed by atoms with Crippen molar-refractivity contribution in [2.24, 2.45) is 0 Å². The highest BCUT2D eigenvalue weighted by Gasteiger charge is 2.08. The molecule has 0 aliphatic rings. The highest BCUT2D eigenvalue weighted by Crippen LogP contribution is 2.23. The first-order valence-electron chi connectivity index (χ1n) is 7.09. The van der Waals surface area contributed by atoms with E-state index in [0.717, 1.165) is 22.0 Å². The predicted molar refractivity (Wildman–Crippen MR) is 83.6 cm³/mol. The fourth-order valence-corrected chi connectivity index (χ4v) is 2.61. The summed E-state index contributed by atoms with van der Waals surface area (Å²) in [4.78, 5) is 13.6. The lowest BCUT2D eigenvalue weighted by molar-refractivity contribution is 0.388. The first kappa shape index (κ1) is 13.5. The lowest BCUT2D eigenvalue weighted by Crippen LogP contribution is -1.98. The molecule has 0 unspecified atom stereocenters. The van der Waals surface area contributed by atoms with Gasteiger partial charge in [-0.1, -0.05) is 29.4 Å². The van der Waals surface area contributed by atoms with Gasteiger partial charge in [-0.3, -0.25) is 9.51 Å². The van der Waals surface area contributed by atoms with Gasteiger partial charge in [0.25, 0.3) is 0 Å². The summed E-state index contributed by atoms with van der Waals surface area (Å²) < 4.78 is 19.6. The maximum absolute atomic E-state index is 13.0. The Hall–Kier alpha value is -3.15. The molecule has 0 amide bonds. The van der Waals surface area contributed by atoms with Crippen molar-refractivity contribution in [2.45, 2.75) is 6.54 Å². The molecule has 4 rings (SSSR count). The first-order chi connectivity index (χ1) is 11.2. The van der Waals surface area contributed by atoms with Crippen LogP contribution >= 0.6 is 0 Å². The number of aromatic amines is 1. The van der Waals surface area contributed by atoms with Crippen LogP contribution in [0.25, 0.3) is 22.3 Å². The molecule has 0 aliphatic heterocycles. The van der Waals surface area contributed by atoms with E-state index < -0.39 is 5.76 Å². The Balaban J connectivity index is 1.75. The maximum Gasteiger partial charge on any atom is 0.439 e. The summed E-state index contributed by atoms with van der Waals surface area (Å²) in [6.45, 7) is 0.628. The second kappa shape index (κ2) is 5.24. The van der Waals surface area contributed by atoms with Crippen LogP contribution in [0.4, 0.5) is 4.39 Å². The van der Waals surface area contributed by atoms with Crippen LogP contribution in [0.2, 0.25) is 0 Å². The Morgan fingerprint density at radius 1 is 1.13 bits per heavy atom. The van der Waals surface area contributed by atoms with Crippen LogP contribution < -0.4 is 5.76 Å². The number of benzene rings is 2. The van der Waals surface area contributed by atoms with Gasteiger partial charge in [0.2, 0.25) is 0 Å². The zero-order chi connectivity index (χ0) is 15.8. The number of aromatic nitrogens is 3.